The molecule has 4 rings (SSSR count). The molecule has 0 aliphatic heterocycles. The van der Waals surface area contributed by atoms with Crippen molar-refractivity contribution in [3.8, 4) is 0 Å². The van der Waals surface area contributed by atoms with Crippen molar-refractivity contribution in [1.29, 1.82) is 0 Å². The van der Waals surface area contributed by atoms with E-state index in [9.17, 15) is 9.59 Å². The van der Waals surface area contributed by atoms with Gasteiger partial charge in [0.05, 0.1) is 6.04 Å². The fourth-order valence-corrected chi connectivity index (χ4v) is 3.15. The van der Waals surface area contributed by atoms with E-state index >= 15 is 0 Å². The number of rotatable bonds is 4. The maximum absolute atomic E-state index is 12.8. The largest absolute Gasteiger partial charge is 0.342 e. The normalized spacial score (nSPS) is 15.3. The first-order chi connectivity index (χ1) is 12.1. The van der Waals surface area contributed by atoms with E-state index in [0.717, 1.165) is 24.4 Å². The zero-order valence-corrected chi connectivity index (χ0v) is 14.1. The number of aromatic nitrogens is 4. The van der Waals surface area contributed by atoms with Crippen LogP contribution in [0.15, 0.2) is 41.6 Å². The van der Waals surface area contributed by atoms with Gasteiger partial charge in [0.25, 0.3) is 11.5 Å². The summed E-state index contributed by atoms with van der Waals surface area (Å²) in [6, 6.07) is 5.21. The number of imidazole rings is 1. The smallest absolute Gasteiger partial charge is 0.270 e. The first-order valence-corrected chi connectivity index (χ1v) is 8.31. The Hall–Kier alpha value is -2.96. The van der Waals surface area contributed by atoms with Gasteiger partial charge in [-0.2, -0.15) is 0 Å². The molecule has 1 aliphatic rings. The summed E-state index contributed by atoms with van der Waals surface area (Å²) in [6.45, 7) is 1.82. The molecule has 0 unspecified atom stereocenters. The third-order valence-electron chi connectivity index (χ3n) is 4.69. The minimum Gasteiger partial charge on any atom is -0.342 e. The second kappa shape index (κ2) is 5.84. The van der Waals surface area contributed by atoms with E-state index in [1.165, 1.54) is 10.6 Å². The van der Waals surface area contributed by atoms with Crippen LogP contribution in [-0.2, 0) is 7.05 Å². The lowest BCUT2D eigenvalue weighted by Crippen LogP contribution is -2.36. The molecular weight excluding hydrogens is 318 g/mol. The third-order valence-corrected chi connectivity index (χ3v) is 4.69. The highest BCUT2D eigenvalue weighted by Gasteiger charge is 2.36. The molecule has 1 atom stereocenters. The molecule has 25 heavy (non-hydrogen) atoms. The molecule has 1 aliphatic carbocycles. The van der Waals surface area contributed by atoms with Crippen molar-refractivity contribution < 1.29 is 4.79 Å². The highest BCUT2D eigenvalue weighted by Crippen LogP contribution is 2.40. The number of nitrogens with one attached hydrogen (secondary N) is 1. The average Bonchev–Trinajstić information content (AvgIpc) is 3.34. The van der Waals surface area contributed by atoms with Crippen LogP contribution in [0, 0.1) is 12.8 Å². The van der Waals surface area contributed by atoms with Crippen molar-refractivity contribution in [2.24, 2.45) is 13.0 Å². The van der Waals surface area contributed by atoms with Crippen LogP contribution in [0.25, 0.3) is 5.65 Å². The highest BCUT2D eigenvalue weighted by atomic mass is 16.2. The Bertz CT molecular complexity index is 1020. The van der Waals surface area contributed by atoms with Gasteiger partial charge in [0.1, 0.15) is 17.0 Å². The zero-order valence-electron chi connectivity index (χ0n) is 14.1. The Labute approximate surface area is 144 Å². The summed E-state index contributed by atoms with van der Waals surface area (Å²) in [4.78, 5) is 34.1. The summed E-state index contributed by atoms with van der Waals surface area (Å²) in [7, 11) is 1.90. The van der Waals surface area contributed by atoms with Crippen LogP contribution in [0.3, 0.4) is 0 Å². The molecule has 1 amide bonds. The first kappa shape index (κ1) is 15.6. The van der Waals surface area contributed by atoms with Gasteiger partial charge in [0.2, 0.25) is 0 Å². The quantitative estimate of drug-likeness (QED) is 0.784. The van der Waals surface area contributed by atoms with Gasteiger partial charge >= 0.3 is 0 Å². The van der Waals surface area contributed by atoms with Crippen LogP contribution in [0.1, 0.15) is 40.8 Å². The second-order valence-corrected chi connectivity index (χ2v) is 6.52. The van der Waals surface area contributed by atoms with Crippen LogP contribution >= 0.6 is 0 Å². The van der Waals surface area contributed by atoms with Gasteiger partial charge in [-0.05, 0) is 37.8 Å². The Balaban J connectivity index is 1.70. The van der Waals surface area contributed by atoms with E-state index in [1.54, 1.807) is 12.3 Å². The number of nitrogens with zero attached hydrogens (tertiary/aromatic N) is 4. The van der Waals surface area contributed by atoms with Crippen molar-refractivity contribution in [1.82, 2.24) is 24.3 Å². The molecule has 0 bridgehead atoms. The van der Waals surface area contributed by atoms with E-state index in [4.69, 9.17) is 0 Å². The molecule has 128 valence electrons. The van der Waals surface area contributed by atoms with E-state index in [-0.39, 0.29) is 17.2 Å². The van der Waals surface area contributed by atoms with Crippen molar-refractivity contribution >= 4 is 11.6 Å². The molecule has 3 aromatic heterocycles. The molecule has 3 aromatic rings. The Morgan fingerprint density at radius 2 is 2.12 bits per heavy atom. The van der Waals surface area contributed by atoms with Gasteiger partial charge in [-0.25, -0.2) is 9.97 Å². The molecule has 0 saturated heterocycles. The minimum absolute atomic E-state index is 0.0478. The summed E-state index contributed by atoms with van der Waals surface area (Å²) in [5, 5.41) is 2.99. The number of pyridine rings is 1. The number of amides is 1. The Morgan fingerprint density at radius 3 is 2.80 bits per heavy atom. The molecule has 7 nitrogen and oxygen atoms in total. The number of fused-ring (bicyclic) bond motifs is 1. The number of carbonyl (C=O) groups is 1. The van der Waals surface area contributed by atoms with Crippen molar-refractivity contribution in [2.45, 2.75) is 25.8 Å². The number of hydrogen-bond acceptors (Lipinski definition) is 4. The second-order valence-electron chi connectivity index (χ2n) is 6.52. The van der Waals surface area contributed by atoms with Crippen LogP contribution in [0.2, 0.25) is 0 Å². The van der Waals surface area contributed by atoms with Crippen LogP contribution in [0.4, 0.5) is 0 Å². The lowest BCUT2D eigenvalue weighted by atomic mass is 10.1. The van der Waals surface area contributed by atoms with E-state index < -0.39 is 5.91 Å². The molecule has 1 N–H and O–H groups in total. The third kappa shape index (κ3) is 2.71. The summed E-state index contributed by atoms with van der Waals surface area (Å²) < 4.78 is 3.36. The number of carbonyl (C=O) groups excluding carboxylic acids is 1. The minimum atomic E-state index is -0.407. The standard InChI is InChI=1S/C18H19N5O2/c1-11-4-3-5-14-20-10-13(18(25)23(11)14)17(24)21-15(12-6-7-12)16-19-8-9-22(16)2/h3-5,8-10,12,15H,6-7H2,1-2H3,(H,21,24)/t15-/m0/s1. The highest BCUT2D eigenvalue weighted by molar-refractivity contribution is 5.94. The van der Waals surface area contributed by atoms with Crippen molar-refractivity contribution in [2.75, 3.05) is 0 Å². The number of aryl methyl sites for hydroxylation is 2. The maximum atomic E-state index is 12.8. The van der Waals surface area contributed by atoms with Crippen LogP contribution in [-0.4, -0.2) is 24.8 Å². The molecule has 7 heteroatoms. The summed E-state index contributed by atoms with van der Waals surface area (Å²) in [5.41, 5.74) is 0.971. The molecule has 3 heterocycles. The van der Waals surface area contributed by atoms with Gasteiger partial charge in [-0.3, -0.25) is 14.0 Å². The molecule has 1 fully saturated rings. The van der Waals surface area contributed by atoms with Crippen molar-refractivity contribution in [3.63, 3.8) is 0 Å². The summed E-state index contributed by atoms with van der Waals surface area (Å²) in [6.07, 6.45) is 7.02. The van der Waals surface area contributed by atoms with Gasteiger partial charge in [0, 0.05) is 31.3 Å². The molecule has 0 aromatic carbocycles. The molecular formula is C18H19N5O2. The SMILES string of the molecule is Cc1cccc2ncc(C(=O)N[C@H](c3nccn3C)C3CC3)c(=O)n12. The summed E-state index contributed by atoms with van der Waals surface area (Å²) >= 11 is 0. The maximum Gasteiger partial charge on any atom is 0.270 e. The van der Waals surface area contributed by atoms with Gasteiger partial charge in [-0.1, -0.05) is 6.07 Å². The molecule has 0 spiro atoms. The van der Waals surface area contributed by atoms with Crippen LogP contribution in [0.5, 0.6) is 0 Å². The molecule has 0 radical (unpaired) electrons. The van der Waals surface area contributed by atoms with Gasteiger partial charge in [0.15, 0.2) is 0 Å². The predicted octanol–water partition coefficient (Wildman–Crippen LogP) is 1.62. The Morgan fingerprint density at radius 1 is 1.32 bits per heavy atom. The average molecular weight is 337 g/mol. The predicted molar refractivity (Wildman–Crippen MR) is 92.3 cm³/mol. The van der Waals surface area contributed by atoms with Gasteiger partial charge in [-0.15, -0.1) is 0 Å². The molecule has 1 saturated carbocycles. The lowest BCUT2D eigenvalue weighted by Gasteiger charge is -2.18. The zero-order chi connectivity index (χ0) is 17.6. The fraction of sp³-hybridized carbons (Fsp3) is 0.333. The van der Waals surface area contributed by atoms with Crippen molar-refractivity contribution in [3.05, 3.63) is 64.2 Å². The van der Waals surface area contributed by atoms with E-state index in [1.807, 2.05) is 36.9 Å². The number of hydrogen-bond donors (Lipinski definition) is 1. The summed E-state index contributed by atoms with van der Waals surface area (Å²) in [5.74, 6) is 0.763. The van der Waals surface area contributed by atoms with Crippen LogP contribution < -0.4 is 10.9 Å². The fourth-order valence-electron chi connectivity index (χ4n) is 3.15. The first-order valence-electron chi connectivity index (χ1n) is 8.31. The monoisotopic (exact) mass is 337 g/mol. The Kier molecular flexibility index (Phi) is 3.63. The van der Waals surface area contributed by atoms with E-state index in [0.29, 0.717) is 11.6 Å². The lowest BCUT2D eigenvalue weighted by molar-refractivity contribution is 0.0927. The topological polar surface area (TPSA) is 81.3 Å². The van der Waals surface area contributed by atoms with Gasteiger partial charge < -0.3 is 9.88 Å². The van der Waals surface area contributed by atoms with E-state index in [2.05, 4.69) is 15.3 Å².